The van der Waals surface area contributed by atoms with E-state index in [9.17, 15) is 0 Å². The molecule has 18 heavy (non-hydrogen) atoms. The van der Waals surface area contributed by atoms with Crippen molar-refractivity contribution in [1.82, 2.24) is 9.36 Å². The lowest BCUT2D eigenvalue weighted by molar-refractivity contribution is 0.634. The van der Waals surface area contributed by atoms with Gasteiger partial charge in [-0.1, -0.05) is 48.5 Å². The first-order valence-corrected chi connectivity index (χ1v) is 7.61. The first kappa shape index (κ1) is 13.5. The summed E-state index contributed by atoms with van der Waals surface area (Å²) in [6.07, 6.45) is 2.54. The molecule has 0 aliphatic heterocycles. The standard InChI is InChI=1S/C13H17N3S2/c1-3-11(14)12(17-13-15-8-16-18-13)10-6-4-9(2)5-7-10/h4-8,11-12H,3,14H2,1-2H3. The summed E-state index contributed by atoms with van der Waals surface area (Å²) in [5.74, 6) is 0. The van der Waals surface area contributed by atoms with Crippen molar-refractivity contribution in [2.75, 3.05) is 0 Å². The van der Waals surface area contributed by atoms with Crippen LogP contribution in [0, 0.1) is 6.92 Å². The van der Waals surface area contributed by atoms with Crippen LogP contribution < -0.4 is 5.73 Å². The lowest BCUT2D eigenvalue weighted by Crippen LogP contribution is -2.25. The molecule has 0 radical (unpaired) electrons. The second-order valence-electron chi connectivity index (χ2n) is 4.23. The fourth-order valence-corrected chi connectivity index (χ4v) is 3.57. The van der Waals surface area contributed by atoms with Crippen LogP contribution in [0.5, 0.6) is 0 Å². The van der Waals surface area contributed by atoms with E-state index >= 15 is 0 Å². The monoisotopic (exact) mass is 279 g/mol. The van der Waals surface area contributed by atoms with E-state index in [2.05, 4.69) is 47.5 Å². The van der Waals surface area contributed by atoms with Crippen molar-refractivity contribution in [3.8, 4) is 0 Å². The zero-order chi connectivity index (χ0) is 13.0. The van der Waals surface area contributed by atoms with E-state index in [1.54, 1.807) is 18.1 Å². The zero-order valence-electron chi connectivity index (χ0n) is 10.5. The highest BCUT2D eigenvalue weighted by Gasteiger charge is 2.21. The minimum absolute atomic E-state index is 0.126. The number of hydrogen-bond donors (Lipinski definition) is 1. The van der Waals surface area contributed by atoms with E-state index in [0.717, 1.165) is 10.8 Å². The molecule has 0 amide bonds. The molecule has 0 fully saturated rings. The van der Waals surface area contributed by atoms with E-state index < -0.39 is 0 Å². The molecule has 0 aliphatic rings. The normalized spacial score (nSPS) is 14.4. The first-order chi connectivity index (χ1) is 8.70. The minimum Gasteiger partial charge on any atom is -0.326 e. The van der Waals surface area contributed by atoms with Crippen LogP contribution in [0.2, 0.25) is 0 Å². The molecule has 0 saturated carbocycles. The predicted octanol–water partition coefficient (Wildman–Crippen LogP) is 3.42. The zero-order valence-corrected chi connectivity index (χ0v) is 12.2. The average Bonchev–Trinajstić information content (AvgIpc) is 2.89. The summed E-state index contributed by atoms with van der Waals surface area (Å²) in [5.41, 5.74) is 8.77. The van der Waals surface area contributed by atoms with Crippen molar-refractivity contribution in [3.05, 3.63) is 41.7 Å². The lowest BCUT2D eigenvalue weighted by atomic mass is 10.0. The number of nitrogens with two attached hydrogens (primary N) is 1. The van der Waals surface area contributed by atoms with Crippen molar-refractivity contribution in [2.45, 2.75) is 35.9 Å². The molecule has 0 spiro atoms. The van der Waals surface area contributed by atoms with Crippen molar-refractivity contribution < 1.29 is 0 Å². The maximum atomic E-state index is 6.24. The quantitative estimate of drug-likeness (QED) is 0.852. The number of thioether (sulfide) groups is 1. The third kappa shape index (κ3) is 3.31. The molecular formula is C13H17N3S2. The number of benzene rings is 1. The summed E-state index contributed by atoms with van der Waals surface area (Å²) in [6.45, 7) is 4.21. The lowest BCUT2D eigenvalue weighted by Gasteiger charge is -2.21. The summed E-state index contributed by atoms with van der Waals surface area (Å²) in [5, 5.41) is 0.239. The molecule has 2 aromatic rings. The van der Waals surface area contributed by atoms with Gasteiger partial charge in [-0.2, -0.15) is 4.37 Å². The molecule has 3 nitrogen and oxygen atoms in total. The molecule has 2 unspecified atom stereocenters. The van der Waals surface area contributed by atoms with Gasteiger partial charge < -0.3 is 5.73 Å². The third-order valence-corrected chi connectivity index (χ3v) is 4.99. The molecule has 1 aromatic carbocycles. The third-order valence-electron chi connectivity index (χ3n) is 2.84. The largest absolute Gasteiger partial charge is 0.326 e. The number of rotatable bonds is 5. The maximum Gasteiger partial charge on any atom is 0.170 e. The predicted molar refractivity (Wildman–Crippen MR) is 78.0 cm³/mol. The molecule has 2 atom stereocenters. The van der Waals surface area contributed by atoms with Crippen LogP contribution in [0.15, 0.2) is 34.9 Å². The van der Waals surface area contributed by atoms with E-state index in [-0.39, 0.29) is 11.3 Å². The van der Waals surface area contributed by atoms with Gasteiger partial charge in [0.05, 0.1) is 5.25 Å². The maximum absolute atomic E-state index is 6.24. The van der Waals surface area contributed by atoms with Crippen LogP contribution in [-0.4, -0.2) is 15.4 Å². The van der Waals surface area contributed by atoms with E-state index in [0.29, 0.717) is 0 Å². The molecule has 2 N–H and O–H groups in total. The van der Waals surface area contributed by atoms with Gasteiger partial charge in [0.25, 0.3) is 0 Å². The van der Waals surface area contributed by atoms with Gasteiger partial charge in [0.1, 0.15) is 6.33 Å². The van der Waals surface area contributed by atoms with E-state index in [4.69, 9.17) is 5.73 Å². The first-order valence-electron chi connectivity index (χ1n) is 5.96. The van der Waals surface area contributed by atoms with Crippen LogP contribution in [0.4, 0.5) is 0 Å². The average molecular weight is 279 g/mol. The van der Waals surface area contributed by atoms with Crippen LogP contribution in [-0.2, 0) is 0 Å². The Morgan fingerprint density at radius 2 is 2.06 bits per heavy atom. The smallest absolute Gasteiger partial charge is 0.170 e. The van der Waals surface area contributed by atoms with Gasteiger partial charge >= 0.3 is 0 Å². The highest BCUT2D eigenvalue weighted by Crippen LogP contribution is 2.38. The van der Waals surface area contributed by atoms with Crippen LogP contribution in [0.3, 0.4) is 0 Å². The molecule has 0 aliphatic carbocycles. The van der Waals surface area contributed by atoms with Gasteiger partial charge in [-0.05, 0) is 30.4 Å². The molecule has 1 aromatic heterocycles. The van der Waals surface area contributed by atoms with Crippen molar-refractivity contribution >= 4 is 23.3 Å². The van der Waals surface area contributed by atoms with E-state index in [1.165, 1.54) is 22.7 Å². The second kappa shape index (κ2) is 6.31. The number of aromatic nitrogens is 2. The number of hydrogen-bond acceptors (Lipinski definition) is 5. The Morgan fingerprint density at radius 1 is 1.33 bits per heavy atom. The van der Waals surface area contributed by atoms with Gasteiger partial charge in [-0.3, -0.25) is 0 Å². The van der Waals surface area contributed by atoms with Crippen LogP contribution >= 0.6 is 23.3 Å². The Morgan fingerprint density at radius 3 is 2.61 bits per heavy atom. The Balaban J connectivity index is 2.22. The fourth-order valence-electron chi connectivity index (χ4n) is 1.70. The van der Waals surface area contributed by atoms with Gasteiger partial charge in [0.15, 0.2) is 4.34 Å². The molecule has 2 rings (SSSR count). The van der Waals surface area contributed by atoms with Gasteiger partial charge in [-0.25, -0.2) is 4.98 Å². The second-order valence-corrected chi connectivity index (χ2v) is 6.40. The molecule has 0 saturated heterocycles. The molecular weight excluding hydrogens is 262 g/mol. The van der Waals surface area contributed by atoms with Crippen molar-refractivity contribution in [2.24, 2.45) is 5.73 Å². The molecule has 5 heteroatoms. The highest BCUT2D eigenvalue weighted by atomic mass is 32.2. The molecule has 1 heterocycles. The van der Waals surface area contributed by atoms with E-state index in [1.807, 2.05) is 0 Å². The summed E-state index contributed by atoms with van der Waals surface area (Å²) in [4.78, 5) is 4.23. The summed E-state index contributed by atoms with van der Waals surface area (Å²) >= 11 is 3.13. The Bertz CT molecular complexity index is 467. The Hall–Kier alpha value is -0.910. The Labute approximate surface area is 116 Å². The summed E-state index contributed by atoms with van der Waals surface area (Å²) < 4.78 is 5.01. The van der Waals surface area contributed by atoms with Gasteiger partial charge in [-0.15, -0.1) is 0 Å². The SMILES string of the molecule is CCC(N)C(Sc1ncns1)c1ccc(C)cc1. The number of nitrogens with zero attached hydrogens (tertiary/aromatic N) is 2. The van der Waals surface area contributed by atoms with Crippen molar-refractivity contribution in [1.29, 1.82) is 0 Å². The molecule has 96 valence electrons. The van der Waals surface area contributed by atoms with Gasteiger partial charge in [0.2, 0.25) is 0 Å². The fraction of sp³-hybridized carbons (Fsp3) is 0.385. The minimum atomic E-state index is 0.126. The van der Waals surface area contributed by atoms with Crippen LogP contribution in [0.25, 0.3) is 0 Å². The molecule has 0 bridgehead atoms. The van der Waals surface area contributed by atoms with Crippen LogP contribution in [0.1, 0.15) is 29.7 Å². The van der Waals surface area contributed by atoms with Gasteiger partial charge in [0, 0.05) is 6.04 Å². The highest BCUT2D eigenvalue weighted by molar-refractivity contribution is 8.01. The topological polar surface area (TPSA) is 51.8 Å². The van der Waals surface area contributed by atoms with Crippen molar-refractivity contribution in [3.63, 3.8) is 0 Å². The summed E-state index contributed by atoms with van der Waals surface area (Å²) in [6, 6.07) is 8.70. The number of aryl methyl sites for hydroxylation is 1. The Kier molecular flexibility index (Phi) is 4.74. The summed E-state index contributed by atoms with van der Waals surface area (Å²) in [7, 11) is 0.